The first-order valence-corrected chi connectivity index (χ1v) is 26.3. The topological polar surface area (TPSA) is 11.4 Å². The van der Waals surface area contributed by atoms with E-state index in [0.717, 1.165) is 45.1 Å². The van der Waals surface area contributed by atoms with Crippen LogP contribution in [-0.2, 0) is 5.41 Å². The van der Waals surface area contributed by atoms with E-state index in [1.165, 1.54) is 83.3 Å². The number of benzene rings is 12. The van der Waals surface area contributed by atoms with E-state index in [0.29, 0.717) is 0 Å². The maximum Gasteiger partial charge on any atom is 0.0755 e. The van der Waals surface area contributed by atoms with Crippen molar-refractivity contribution in [2.45, 2.75) is 5.41 Å². The molecular formula is C73H49N3. The van der Waals surface area contributed by atoms with E-state index in [2.05, 4.69) is 312 Å². The molecule has 2 aliphatic rings. The van der Waals surface area contributed by atoms with Gasteiger partial charge in [-0.05, 0) is 128 Å². The van der Waals surface area contributed by atoms with Gasteiger partial charge in [-0.1, -0.05) is 224 Å². The van der Waals surface area contributed by atoms with Crippen molar-refractivity contribution in [2.24, 2.45) is 0 Å². The lowest BCUT2D eigenvalue weighted by atomic mass is 9.64. The molecule has 0 N–H and O–H groups in total. The molecule has 15 rings (SSSR count). The summed E-state index contributed by atoms with van der Waals surface area (Å²) in [6.07, 6.45) is 0. The minimum Gasteiger partial charge on any atom is -0.310 e. The molecule has 13 aromatic rings. The van der Waals surface area contributed by atoms with Crippen molar-refractivity contribution in [3.8, 4) is 50.2 Å². The molecule has 0 bridgehead atoms. The molecule has 0 amide bonds. The van der Waals surface area contributed by atoms with E-state index >= 15 is 0 Å². The lowest BCUT2D eigenvalue weighted by molar-refractivity contribution is 0.752. The van der Waals surface area contributed by atoms with Gasteiger partial charge in [0.2, 0.25) is 0 Å². The van der Waals surface area contributed by atoms with E-state index in [9.17, 15) is 0 Å². The molecule has 1 aromatic heterocycles. The Hall–Kier alpha value is -9.96. The van der Waals surface area contributed by atoms with E-state index in [1.807, 2.05) is 0 Å². The van der Waals surface area contributed by atoms with Gasteiger partial charge in [-0.15, -0.1) is 0 Å². The molecule has 0 atom stereocenters. The van der Waals surface area contributed by atoms with Crippen LogP contribution >= 0.6 is 0 Å². The minimum absolute atomic E-state index is 0.610. The normalized spacial score (nSPS) is 12.8. The summed E-state index contributed by atoms with van der Waals surface area (Å²) in [4.78, 5) is 4.98. The summed E-state index contributed by atoms with van der Waals surface area (Å²) in [5.41, 5.74) is 24.3. The Labute approximate surface area is 443 Å². The van der Waals surface area contributed by atoms with Gasteiger partial charge < -0.3 is 14.4 Å². The predicted octanol–water partition coefficient (Wildman–Crippen LogP) is 19.4. The van der Waals surface area contributed by atoms with Crippen molar-refractivity contribution in [1.29, 1.82) is 0 Å². The van der Waals surface area contributed by atoms with Crippen LogP contribution < -0.4 is 9.80 Å². The summed E-state index contributed by atoms with van der Waals surface area (Å²) in [5, 5.41) is 2.52. The lowest BCUT2D eigenvalue weighted by Gasteiger charge is -2.45. The highest BCUT2D eigenvalue weighted by atomic mass is 15.2. The Morgan fingerprint density at radius 3 is 1.41 bits per heavy atom. The van der Waals surface area contributed by atoms with Gasteiger partial charge in [0.1, 0.15) is 0 Å². The Morgan fingerprint density at radius 1 is 0.276 bits per heavy atom. The SMILES string of the molecule is c1ccc(-c2ccccc2-c2ccccc2N(c2ccc(-c3ccc(-n4c5ccccc5c5ccccc54)cc3)cc2)c2cccc3c2-c2ccccc2C32c3ccccc3N(c3ccccc3)c3ccccc32)cc1. The van der Waals surface area contributed by atoms with Gasteiger partial charge in [0.05, 0.1) is 39.2 Å². The highest BCUT2D eigenvalue weighted by molar-refractivity contribution is 6.09. The second-order valence-corrected chi connectivity index (χ2v) is 19.9. The zero-order chi connectivity index (χ0) is 50.2. The summed E-state index contributed by atoms with van der Waals surface area (Å²) >= 11 is 0. The standard InChI is InChI=1S/C73H49N3/c1-3-22-52(23-4-1)56-26-7-8-27-57(56)58-28-10-16-36-66(58)75(55-48-44-51(45-49-55)50-42-46-54(47-43-50)74-67-37-17-11-29-59(67)60-30-12-18-38-68(60)74)71-41-21-35-65-72(71)61-31-9-13-32-62(61)73(65)63-33-14-19-39-69(63)76(53-24-5-2-6-25-53)70-40-20-15-34-64(70)73/h1-49H. The maximum absolute atomic E-state index is 2.53. The highest BCUT2D eigenvalue weighted by Gasteiger charge is 2.52. The van der Waals surface area contributed by atoms with Crippen LogP contribution in [0.15, 0.2) is 297 Å². The molecule has 1 spiro atoms. The van der Waals surface area contributed by atoms with Crippen LogP contribution in [0.25, 0.3) is 72.0 Å². The van der Waals surface area contributed by atoms with Crippen molar-refractivity contribution in [3.05, 3.63) is 320 Å². The molecule has 12 aromatic carbocycles. The molecule has 3 nitrogen and oxygen atoms in total. The number of anilines is 6. The third-order valence-corrected chi connectivity index (χ3v) is 16.0. The summed E-state index contributed by atoms with van der Waals surface area (Å²) < 4.78 is 2.38. The van der Waals surface area contributed by atoms with Crippen LogP contribution in [0, 0.1) is 0 Å². The molecule has 0 radical (unpaired) electrons. The fourth-order valence-electron chi connectivity index (χ4n) is 12.9. The van der Waals surface area contributed by atoms with Crippen LogP contribution in [-0.4, -0.2) is 4.57 Å². The van der Waals surface area contributed by atoms with E-state index < -0.39 is 5.41 Å². The summed E-state index contributed by atoms with van der Waals surface area (Å²) in [6, 6.07) is 109. The second-order valence-electron chi connectivity index (χ2n) is 19.9. The fourth-order valence-corrected chi connectivity index (χ4v) is 12.9. The van der Waals surface area contributed by atoms with Crippen molar-refractivity contribution in [3.63, 3.8) is 0 Å². The number of fused-ring (bicyclic) bond motifs is 12. The van der Waals surface area contributed by atoms with Gasteiger partial charge in [-0.2, -0.15) is 0 Å². The van der Waals surface area contributed by atoms with Crippen molar-refractivity contribution < 1.29 is 0 Å². The Bertz CT molecular complexity index is 4240. The van der Waals surface area contributed by atoms with Crippen LogP contribution in [0.1, 0.15) is 22.3 Å². The van der Waals surface area contributed by atoms with Gasteiger partial charge in [-0.25, -0.2) is 0 Å². The van der Waals surface area contributed by atoms with Crippen molar-refractivity contribution in [1.82, 2.24) is 4.57 Å². The molecule has 1 aliphatic heterocycles. The maximum atomic E-state index is 2.53. The van der Waals surface area contributed by atoms with Crippen molar-refractivity contribution in [2.75, 3.05) is 9.80 Å². The van der Waals surface area contributed by atoms with Crippen LogP contribution in [0.5, 0.6) is 0 Å². The zero-order valence-electron chi connectivity index (χ0n) is 41.6. The fraction of sp³-hybridized carbons (Fsp3) is 0.0137. The molecule has 0 saturated heterocycles. The molecule has 0 saturated carbocycles. The largest absolute Gasteiger partial charge is 0.310 e. The third kappa shape index (κ3) is 6.56. The summed E-state index contributed by atoms with van der Waals surface area (Å²) in [6.45, 7) is 0. The molecule has 0 unspecified atom stereocenters. The highest BCUT2D eigenvalue weighted by Crippen LogP contribution is 2.65. The second kappa shape index (κ2) is 17.6. The predicted molar refractivity (Wildman–Crippen MR) is 317 cm³/mol. The Kier molecular flexibility index (Phi) is 10.1. The smallest absolute Gasteiger partial charge is 0.0755 e. The van der Waals surface area contributed by atoms with Crippen LogP contribution in [0.4, 0.5) is 34.1 Å². The average Bonchev–Trinajstić information content (AvgIpc) is 4.18. The third-order valence-electron chi connectivity index (χ3n) is 16.0. The summed E-state index contributed by atoms with van der Waals surface area (Å²) in [5.74, 6) is 0. The number of hydrogen-bond donors (Lipinski definition) is 0. The monoisotopic (exact) mass is 967 g/mol. The van der Waals surface area contributed by atoms with Gasteiger partial charge in [0.15, 0.2) is 0 Å². The molecule has 356 valence electrons. The molecule has 76 heavy (non-hydrogen) atoms. The number of rotatable bonds is 8. The average molecular weight is 968 g/mol. The quantitative estimate of drug-likeness (QED) is 0.150. The van der Waals surface area contributed by atoms with Crippen LogP contribution in [0.3, 0.4) is 0 Å². The van der Waals surface area contributed by atoms with Gasteiger partial charge in [0, 0.05) is 39.0 Å². The molecule has 2 heterocycles. The number of hydrogen-bond acceptors (Lipinski definition) is 2. The van der Waals surface area contributed by atoms with Gasteiger partial charge in [-0.3, -0.25) is 0 Å². The number of nitrogens with zero attached hydrogens (tertiary/aromatic N) is 3. The first-order valence-electron chi connectivity index (χ1n) is 26.3. The van der Waals surface area contributed by atoms with Crippen molar-refractivity contribution >= 4 is 55.9 Å². The lowest BCUT2D eigenvalue weighted by Crippen LogP contribution is -2.36. The van der Waals surface area contributed by atoms with Gasteiger partial charge >= 0.3 is 0 Å². The molecule has 0 fully saturated rings. The first-order chi connectivity index (χ1) is 37.8. The zero-order valence-corrected chi connectivity index (χ0v) is 41.6. The van der Waals surface area contributed by atoms with E-state index in [-0.39, 0.29) is 0 Å². The first kappa shape index (κ1) is 43.6. The molecular weight excluding hydrogens is 919 g/mol. The molecule has 1 aliphatic carbocycles. The number of para-hydroxylation sites is 6. The van der Waals surface area contributed by atoms with E-state index in [4.69, 9.17) is 0 Å². The Morgan fingerprint density at radius 2 is 0.750 bits per heavy atom. The Balaban J connectivity index is 0.933. The summed E-state index contributed by atoms with van der Waals surface area (Å²) in [7, 11) is 0. The van der Waals surface area contributed by atoms with Crippen LogP contribution in [0.2, 0.25) is 0 Å². The number of aromatic nitrogens is 1. The van der Waals surface area contributed by atoms with Gasteiger partial charge in [0.25, 0.3) is 0 Å². The minimum atomic E-state index is -0.610. The molecule has 3 heteroatoms. The van der Waals surface area contributed by atoms with E-state index in [1.54, 1.807) is 0 Å².